The summed E-state index contributed by atoms with van der Waals surface area (Å²) in [5, 5.41) is 16.9. The van der Waals surface area contributed by atoms with E-state index in [4.69, 9.17) is 14.2 Å². The number of hydrogen-bond acceptors (Lipinski definition) is 7. The fourth-order valence-electron chi connectivity index (χ4n) is 4.90. The van der Waals surface area contributed by atoms with Crippen LogP contribution in [0.25, 0.3) is 5.69 Å². The molecule has 8 nitrogen and oxygen atoms in total. The molecular weight excluding hydrogens is 466 g/mol. The number of ether oxygens (including phenoxy) is 3. The summed E-state index contributed by atoms with van der Waals surface area (Å²) >= 11 is 0. The van der Waals surface area contributed by atoms with Crippen LogP contribution in [0.15, 0.2) is 84.9 Å². The zero-order valence-electron chi connectivity index (χ0n) is 21.1. The zero-order valence-corrected chi connectivity index (χ0v) is 21.1. The van der Waals surface area contributed by atoms with Gasteiger partial charge in [-0.15, -0.1) is 5.10 Å². The van der Waals surface area contributed by atoms with Gasteiger partial charge in [-0.25, -0.2) is 0 Å². The maximum atomic E-state index is 6.07. The minimum absolute atomic E-state index is 0.0798. The highest BCUT2D eigenvalue weighted by atomic mass is 16.5. The van der Waals surface area contributed by atoms with Crippen molar-refractivity contribution < 1.29 is 14.2 Å². The number of benzene rings is 3. The lowest BCUT2D eigenvalue weighted by Gasteiger charge is -2.39. The third-order valence-corrected chi connectivity index (χ3v) is 6.73. The van der Waals surface area contributed by atoms with Gasteiger partial charge < -0.3 is 14.2 Å². The Morgan fingerprint density at radius 2 is 1.68 bits per heavy atom. The number of nitrogens with zero attached hydrogens (tertiary/aromatic N) is 4. The van der Waals surface area contributed by atoms with Crippen molar-refractivity contribution in [1.29, 1.82) is 0 Å². The smallest absolute Gasteiger partial charge is 0.176 e. The Bertz CT molecular complexity index is 1240. The number of rotatable bonds is 11. The molecule has 1 atom stereocenters. The lowest BCUT2D eigenvalue weighted by atomic mass is 9.87. The van der Waals surface area contributed by atoms with E-state index >= 15 is 0 Å². The van der Waals surface area contributed by atoms with Gasteiger partial charge in [-0.2, -0.15) is 4.68 Å². The van der Waals surface area contributed by atoms with Crippen molar-refractivity contribution in [2.24, 2.45) is 0 Å². The monoisotopic (exact) mass is 499 g/mol. The summed E-state index contributed by atoms with van der Waals surface area (Å²) in [6, 6.07) is 28.6. The Morgan fingerprint density at radius 1 is 0.946 bits per heavy atom. The van der Waals surface area contributed by atoms with Gasteiger partial charge in [0.15, 0.2) is 5.82 Å². The molecule has 1 aliphatic heterocycles. The van der Waals surface area contributed by atoms with Gasteiger partial charge in [-0.05, 0) is 52.9 Å². The van der Waals surface area contributed by atoms with Crippen molar-refractivity contribution in [1.82, 2.24) is 25.5 Å². The molecule has 1 N–H and O–H groups in total. The predicted octanol–water partition coefficient (Wildman–Crippen LogP) is 4.09. The summed E-state index contributed by atoms with van der Waals surface area (Å²) in [6.45, 7) is 2.33. The summed E-state index contributed by atoms with van der Waals surface area (Å²) in [5.74, 6) is 1.53. The molecule has 5 rings (SSSR count). The summed E-state index contributed by atoms with van der Waals surface area (Å²) < 4.78 is 19.2. The minimum Gasteiger partial charge on any atom is -0.489 e. The van der Waals surface area contributed by atoms with Crippen LogP contribution < -0.4 is 10.1 Å². The molecule has 3 aromatic carbocycles. The molecule has 1 fully saturated rings. The predicted molar refractivity (Wildman–Crippen MR) is 141 cm³/mol. The van der Waals surface area contributed by atoms with E-state index in [0.717, 1.165) is 42.1 Å². The molecule has 8 heteroatoms. The second kappa shape index (κ2) is 12.1. The number of methoxy groups -OCH3 is 1. The highest BCUT2D eigenvalue weighted by molar-refractivity contribution is 5.40. The van der Waals surface area contributed by atoms with Crippen LogP contribution in [0.1, 0.15) is 29.8 Å². The van der Waals surface area contributed by atoms with Crippen LogP contribution in [-0.4, -0.2) is 53.2 Å². The molecular formula is C29H33N5O3. The zero-order chi connectivity index (χ0) is 25.3. The molecule has 4 aromatic rings. The van der Waals surface area contributed by atoms with Crippen LogP contribution in [0.5, 0.6) is 5.75 Å². The number of nitrogens with one attached hydrogen (secondary N) is 1. The van der Waals surface area contributed by atoms with E-state index in [0.29, 0.717) is 26.4 Å². The van der Waals surface area contributed by atoms with Crippen molar-refractivity contribution in [2.75, 3.05) is 26.9 Å². The largest absolute Gasteiger partial charge is 0.489 e. The first-order chi connectivity index (χ1) is 18.3. The van der Waals surface area contributed by atoms with E-state index in [2.05, 4.69) is 57.2 Å². The molecule has 1 aromatic heterocycles. The number of hydrogen-bond donors (Lipinski definition) is 1. The van der Waals surface area contributed by atoms with Gasteiger partial charge in [-0.1, -0.05) is 66.7 Å². The van der Waals surface area contributed by atoms with Gasteiger partial charge in [0.2, 0.25) is 0 Å². The molecule has 1 unspecified atom stereocenters. The standard InChI is InChI=1S/C29H33N5O3/c1-35-22-25(19-23-9-4-2-5-10-23)30-29(15-17-36-18-16-29)28-31-32-33-34(28)26-13-8-14-27(20-26)37-21-24-11-6-3-7-12-24/h2-14,20,25,30H,15-19,21-22H2,1H3. The molecule has 37 heavy (non-hydrogen) atoms. The topological polar surface area (TPSA) is 83.3 Å². The Hall–Kier alpha value is -3.59. The van der Waals surface area contributed by atoms with Crippen LogP contribution in [0.4, 0.5) is 0 Å². The van der Waals surface area contributed by atoms with Crippen molar-refractivity contribution in [3.8, 4) is 11.4 Å². The van der Waals surface area contributed by atoms with Crippen molar-refractivity contribution >= 4 is 0 Å². The molecule has 2 heterocycles. The van der Waals surface area contributed by atoms with Gasteiger partial charge in [0.1, 0.15) is 12.4 Å². The van der Waals surface area contributed by atoms with Crippen LogP contribution >= 0.6 is 0 Å². The molecule has 0 amide bonds. The number of tetrazole rings is 1. The van der Waals surface area contributed by atoms with E-state index in [1.165, 1.54) is 5.56 Å². The summed E-state index contributed by atoms with van der Waals surface area (Å²) in [7, 11) is 1.74. The van der Waals surface area contributed by atoms with Crippen molar-refractivity contribution in [3.05, 3.63) is 102 Å². The van der Waals surface area contributed by atoms with Gasteiger partial charge in [0.25, 0.3) is 0 Å². The molecule has 0 saturated carbocycles. The molecule has 192 valence electrons. The van der Waals surface area contributed by atoms with Crippen LogP contribution in [0.2, 0.25) is 0 Å². The Kier molecular flexibility index (Phi) is 8.20. The third kappa shape index (κ3) is 6.22. The molecule has 1 saturated heterocycles. The van der Waals surface area contributed by atoms with Crippen LogP contribution in [0.3, 0.4) is 0 Å². The SMILES string of the molecule is COCC(Cc1ccccc1)NC1(c2nnnn2-c2cccc(OCc3ccccc3)c2)CCOCC1. The lowest BCUT2D eigenvalue weighted by molar-refractivity contribution is 0.0201. The first-order valence-electron chi connectivity index (χ1n) is 12.7. The normalized spacial score (nSPS) is 15.8. The van der Waals surface area contributed by atoms with Crippen molar-refractivity contribution in [3.63, 3.8) is 0 Å². The fraction of sp³-hybridized carbons (Fsp3) is 0.345. The quantitative estimate of drug-likeness (QED) is 0.333. The Labute approximate surface area is 217 Å². The highest BCUT2D eigenvalue weighted by Gasteiger charge is 2.41. The van der Waals surface area contributed by atoms with Crippen molar-refractivity contribution in [2.45, 2.75) is 37.5 Å². The average molecular weight is 500 g/mol. The van der Waals surface area contributed by atoms with Gasteiger partial charge in [-0.3, -0.25) is 5.32 Å². The molecule has 0 aliphatic carbocycles. The summed E-state index contributed by atoms with van der Waals surface area (Å²) in [4.78, 5) is 0. The Balaban J connectivity index is 1.41. The lowest BCUT2D eigenvalue weighted by Crippen LogP contribution is -2.54. The molecule has 0 radical (unpaired) electrons. The molecule has 1 aliphatic rings. The second-order valence-electron chi connectivity index (χ2n) is 9.37. The van der Waals surface area contributed by atoms with E-state index < -0.39 is 5.54 Å². The third-order valence-electron chi connectivity index (χ3n) is 6.73. The molecule has 0 spiro atoms. The first-order valence-corrected chi connectivity index (χ1v) is 12.7. The van der Waals surface area contributed by atoms with Gasteiger partial charge >= 0.3 is 0 Å². The van der Waals surface area contributed by atoms with Gasteiger partial charge in [0.05, 0.1) is 17.8 Å². The second-order valence-corrected chi connectivity index (χ2v) is 9.37. The fourth-order valence-corrected chi connectivity index (χ4v) is 4.90. The minimum atomic E-state index is -0.458. The highest BCUT2D eigenvalue weighted by Crippen LogP contribution is 2.33. The van der Waals surface area contributed by atoms with E-state index in [1.54, 1.807) is 7.11 Å². The summed E-state index contributed by atoms with van der Waals surface area (Å²) in [5.41, 5.74) is 2.76. The van der Waals surface area contributed by atoms with Crippen LogP contribution in [-0.2, 0) is 28.0 Å². The van der Waals surface area contributed by atoms with E-state index in [1.807, 2.05) is 53.2 Å². The van der Waals surface area contributed by atoms with Crippen LogP contribution in [0, 0.1) is 0 Å². The average Bonchev–Trinajstić information content (AvgIpc) is 3.45. The maximum Gasteiger partial charge on any atom is 0.176 e. The first kappa shape index (κ1) is 25.1. The van der Waals surface area contributed by atoms with Gasteiger partial charge in [0, 0.05) is 32.4 Å². The number of aromatic nitrogens is 4. The van der Waals surface area contributed by atoms with E-state index in [-0.39, 0.29) is 6.04 Å². The summed E-state index contributed by atoms with van der Waals surface area (Å²) in [6.07, 6.45) is 2.35. The maximum absolute atomic E-state index is 6.07. The molecule has 0 bridgehead atoms. The Morgan fingerprint density at radius 3 is 2.41 bits per heavy atom. The van der Waals surface area contributed by atoms with E-state index in [9.17, 15) is 0 Å².